The molecule has 31 heavy (non-hydrogen) atoms. The first-order valence-electron chi connectivity index (χ1n) is 10.2. The van der Waals surface area contributed by atoms with Crippen LogP contribution in [-0.4, -0.2) is 48.0 Å². The molecule has 3 aromatic rings. The van der Waals surface area contributed by atoms with E-state index < -0.39 is 0 Å². The first-order valence-corrected chi connectivity index (χ1v) is 10.2. The van der Waals surface area contributed by atoms with Crippen molar-refractivity contribution in [1.82, 2.24) is 15.5 Å². The molecule has 0 bridgehead atoms. The topological polar surface area (TPSA) is 101 Å². The summed E-state index contributed by atoms with van der Waals surface area (Å²) in [6.45, 7) is 1.75. The molecule has 9 nitrogen and oxygen atoms in total. The third kappa shape index (κ3) is 3.94. The van der Waals surface area contributed by atoms with Crippen LogP contribution < -0.4 is 15.1 Å². The molecule has 3 amide bonds. The standard InChI is InChI=1S/C22H21N5O4/c28-21-23-10-11-26(21)20-8-3-16(13-24-20)15-1-5-18(6-2-15)27-14-19(31-22(27)29)7-4-17-9-12-30-25-17/h1-3,5-6,8-9,12-13,19H,4,7,10-11,14H2,(H,23,28)/t19-/m0/s1. The largest absolute Gasteiger partial charge is 0.444 e. The fourth-order valence-corrected chi connectivity index (χ4v) is 3.80. The number of carbonyl (C=O) groups excluding carboxylic acids is 2. The van der Waals surface area contributed by atoms with Crippen LogP contribution >= 0.6 is 0 Å². The van der Waals surface area contributed by atoms with E-state index in [4.69, 9.17) is 9.26 Å². The van der Waals surface area contributed by atoms with E-state index in [0.29, 0.717) is 38.3 Å². The van der Waals surface area contributed by atoms with Crippen LogP contribution in [0.2, 0.25) is 0 Å². The van der Waals surface area contributed by atoms with E-state index in [2.05, 4.69) is 15.5 Å². The van der Waals surface area contributed by atoms with E-state index in [1.54, 1.807) is 16.0 Å². The smallest absolute Gasteiger partial charge is 0.414 e. The Bertz CT molecular complexity index is 1070. The molecule has 5 rings (SSSR count). The number of hydrogen-bond acceptors (Lipinski definition) is 6. The van der Waals surface area contributed by atoms with Crippen LogP contribution in [0.3, 0.4) is 0 Å². The molecule has 1 aromatic carbocycles. The number of ether oxygens (including phenoxy) is 1. The van der Waals surface area contributed by atoms with Crippen LogP contribution in [0.5, 0.6) is 0 Å². The summed E-state index contributed by atoms with van der Waals surface area (Å²) in [6, 6.07) is 13.2. The van der Waals surface area contributed by atoms with Crippen molar-refractivity contribution in [1.29, 1.82) is 0 Å². The molecule has 2 aliphatic rings. The summed E-state index contributed by atoms with van der Waals surface area (Å²) < 4.78 is 10.3. The van der Waals surface area contributed by atoms with Gasteiger partial charge in [0.15, 0.2) is 0 Å². The Balaban J connectivity index is 1.23. The van der Waals surface area contributed by atoms with Crippen molar-refractivity contribution < 1.29 is 18.8 Å². The monoisotopic (exact) mass is 419 g/mol. The first kappa shape index (κ1) is 19.1. The summed E-state index contributed by atoms with van der Waals surface area (Å²) >= 11 is 0. The number of amides is 3. The van der Waals surface area contributed by atoms with Gasteiger partial charge in [-0.2, -0.15) is 0 Å². The van der Waals surface area contributed by atoms with Gasteiger partial charge in [0.1, 0.15) is 18.2 Å². The van der Waals surface area contributed by atoms with Gasteiger partial charge in [-0.15, -0.1) is 0 Å². The lowest BCUT2D eigenvalue weighted by molar-refractivity contribution is 0.136. The average Bonchev–Trinajstić information content (AvgIpc) is 3.54. The number of nitrogens with one attached hydrogen (secondary N) is 1. The maximum atomic E-state index is 12.3. The summed E-state index contributed by atoms with van der Waals surface area (Å²) in [7, 11) is 0. The number of aryl methyl sites for hydroxylation is 1. The Kier molecular flexibility index (Phi) is 4.99. The fourth-order valence-electron chi connectivity index (χ4n) is 3.80. The summed E-state index contributed by atoms with van der Waals surface area (Å²) in [4.78, 5) is 31.8. The molecule has 2 fully saturated rings. The number of benzene rings is 1. The number of nitrogens with zero attached hydrogens (tertiary/aromatic N) is 4. The highest BCUT2D eigenvalue weighted by Crippen LogP contribution is 2.28. The van der Waals surface area contributed by atoms with E-state index in [9.17, 15) is 9.59 Å². The molecule has 9 heteroatoms. The first-order chi connectivity index (χ1) is 15.2. The molecule has 2 saturated heterocycles. The molecule has 4 heterocycles. The van der Waals surface area contributed by atoms with E-state index in [1.165, 1.54) is 6.26 Å². The molecule has 0 spiro atoms. The quantitative estimate of drug-likeness (QED) is 0.658. The Hall–Kier alpha value is -3.88. The Labute approximate surface area is 178 Å². The van der Waals surface area contributed by atoms with Crippen LogP contribution in [0.4, 0.5) is 21.1 Å². The van der Waals surface area contributed by atoms with Crippen LogP contribution in [0.25, 0.3) is 11.1 Å². The number of pyridine rings is 1. The second-order valence-corrected chi connectivity index (χ2v) is 7.48. The normalized spacial score (nSPS) is 18.4. The minimum atomic E-state index is -0.340. The third-order valence-electron chi connectivity index (χ3n) is 5.48. The Morgan fingerprint density at radius 2 is 1.87 bits per heavy atom. The van der Waals surface area contributed by atoms with E-state index in [-0.39, 0.29) is 18.2 Å². The molecule has 1 N–H and O–H groups in total. The van der Waals surface area contributed by atoms with Crippen molar-refractivity contribution in [3.8, 4) is 11.1 Å². The van der Waals surface area contributed by atoms with Crippen molar-refractivity contribution >= 4 is 23.6 Å². The molecule has 0 radical (unpaired) electrons. The molecule has 1 atom stereocenters. The second-order valence-electron chi connectivity index (χ2n) is 7.48. The van der Waals surface area contributed by atoms with Gasteiger partial charge in [0.25, 0.3) is 0 Å². The van der Waals surface area contributed by atoms with Crippen molar-refractivity contribution in [2.45, 2.75) is 18.9 Å². The lowest BCUT2D eigenvalue weighted by Crippen LogP contribution is -2.28. The maximum Gasteiger partial charge on any atom is 0.414 e. The molecular formula is C22H21N5O4. The van der Waals surface area contributed by atoms with Gasteiger partial charge in [-0.25, -0.2) is 14.6 Å². The van der Waals surface area contributed by atoms with Crippen LogP contribution in [0, 0.1) is 0 Å². The number of urea groups is 1. The van der Waals surface area contributed by atoms with Crippen molar-refractivity contribution in [2.75, 3.05) is 29.4 Å². The number of anilines is 2. The predicted octanol–water partition coefficient (Wildman–Crippen LogP) is 3.22. The number of cyclic esters (lactones) is 1. The van der Waals surface area contributed by atoms with Crippen molar-refractivity contribution in [3.63, 3.8) is 0 Å². The van der Waals surface area contributed by atoms with Gasteiger partial charge in [0, 0.05) is 36.6 Å². The van der Waals surface area contributed by atoms with Gasteiger partial charge >= 0.3 is 12.1 Å². The van der Waals surface area contributed by atoms with Gasteiger partial charge in [0.2, 0.25) is 0 Å². The minimum absolute atomic E-state index is 0.124. The molecular weight excluding hydrogens is 398 g/mol. The second kappa shape index (κ2) is 8.10. The van der Waals surface area contributed by atoms with Crippen LogP contribution in [0.15, 0.2) is 59.4 Å². The summed E-state index contributed by atoms with van der Waals surface area (Å²) in [5.74, 6) is 0.631. The number of carbonyl (C=O) groups is 2. The molecule has 158 valence electrons. The molecule has 0 unspecified atom stereocenters. The molecule has 0 aliphatic carbocycles. The highest BCUT2D eigenvalue weighted by Gasteiger charge is 2.32. The van der Waals surface area contributed by atoms with E-state index in [1.807, 2.05) is 42.5 Å². The molecule has 0 saturated carbocycles. The average molecular weight is 419 g/mol. The lowest BCUT2D eigenvalue weighted by atomic mass is 10.1. The van der Waals surface area contributed by atoms with Gasteiger partial charge in [-0.3, -0.25) is 9.80 Å². The molecule has 2 aromatic heterocycles. The number of hydrogen-bond donors (Lipinski definition) is 1. The SMILES string of the molecule is O=C1O[C@@H](CCc2ccon2)CN1c1ccc(-c2ccc(N3CCNC3=O)nc2)cc1. The Morgan fingerprint density at radius 3 is 2.55 bits per heavy atom. The van der Waals surface area contributed by atoms with E-state index in [0.717, 1.165) is 22.5 Å². The minimum Gasteiger partial charge on any atom is -0.444 e. The number of rotatable bonds is 6. The van der Waals surface area contributed by atoms with Crippen molar-refractivity contribution in [2.24, 2.45) is 0 Å². The zero-order chi connectivity index (χ0) is 21.2. The summed E-state index contributed by atoms with van der Waals surface area (Å²) in [5.41, 5.74) is 3.55. The summed E-state index contributed by atoms with van der Waals surface area (Å²) in [5, 5.41) is 6.65. The van der Waals surface area contributed by atoms with Crippen molar-refractivity contribution in [3.05, 3.63) is 60.6 Å². The lowest BCUT2D eigenvalue weighted by Gasteiger charge is -2.15. The maximum absolute atomic E-state index is 12.3. The zero-order valence-corrected chi connectivity index (χ0v) is 16.7. The Morgan fingerprint density at radius 1 is 1.03 bits per heavy atom. The molecule has 2 aliphatic heterocycles. The fraction of sp³-hybridized carbons (Fsp3) is 0.273. The van der Waals surface area contributed by atoms with Gasteiger partial charge < -0.3 is 14.6 Å². The number of aromatic nitrogens is 2. The van der Waals surface area contributed by atoms with E-state index >= 15 is 0 Å². The summed E-state index contributed by atoms with van der Waals surface area (Å²) in [6.07, 6.45) is 4.16. The predicted molar refractivity (Wildman–Crippen MR) is 113 cm³/mol. The van der Waals surface area contributed by atoms with Gasteiger partial charge in [0.05, 0.1) is 12.2 Å². The van der Waals surface area contributed by atoms with Gasteiger partial charge in [-0.05, 0) is 42.7 Å². The zero-order valence-electron chi connectivity index (χ0n) is 16.7. The van der Waals surface area contributed by atoms with Crippen LogP contribution in [-0.2, 0) is 11.2 Å². The third-order valence-corrected chi connectivity index (χ3v) is 5.48. The van der Waals surface area contributed by atoms with Gasteiger partial charge in [-0.1, -0.05) is 17.3 Å². The van der Waals surface area contributed by atoms with Crippen LogP contribution in [0.1, 0.15) is 12.1 Å². The highest BCUT2D eigenvalue weighted by atomic mass is 16.6. The highest BCUT2D eigenvalue weighted by molar-refractivity contribution is 5.93.